The molecule has 0 saturated heterocycles. The van der Waals surface area contributed by atoms with E-state index < -0.39 is 19.8 Å². The Balaban J connectivity index is 2.34. The molecule has 0 aliphatic carbocycles. The van der Waals surface area contributed by atoms with Gasteiger partial charge in [-0.15, -0.1) is 0 Å². The molecule has 0 aromatic heterocycles. The topological polar surface area (TPSA) is 49.7 Å². The van der Waals surface area contributed by atoms with Crippen LogP contribution in [0.5, 0.6) is 0 Å². The monoisotopic (exact) mass is 124 g/mol. The molecule has 0 rings (SSSR count). The highest BCUT2D eigenvalue weighted by atomic mass is 28.3. The average molecular weight is 124 g/mol. The summed E-state index contributed by atoms with van der Waals surface area (Å²) in [6.45, 7) is 0. The average Bonchev–Trinajstić information content (AvgIpc) is 1.61. The van der Waals surface area contributed by atoms with Gasteiger partial charge >= 0.3 is 0 Å². The summed E-state index contributed by atoms with van der Waals surface area (Å²) < 4.78 is 4.57. The van der Waals surface area contributed by atoms with E-state index in [1.165, 1.54) is 0 Å². The van der Waals surface area contributed by atoms with Crippen molar-refractivity contribution < 1.29 is 14.0 Å². The minimum atomic E-state index is -1.20. The van der Waals surface area contributed by atoms with Crippen LogP contribution in [0.1, 0.15) is 0 Å². The van der Waals surface area contributed by atoms with Crippen LogP contribution in [-0.2, 0) is 4.12 Å². The van der Waals surface area contributed by atoms with E-state index in [0.717, 1.165) is 0 Å². The van der Waals surface area contributed by atoms with Gasteiger partial charge in [0.15, 0.2) is 9.76 Å². The Morgan fingerprint density at radius 3 is 2.50 bits per heavy atom. The SMILES string of the molecule is OC[SiH2]O[SiH2]O. The van der Waals surface area contributed by atoms with Gasteiger partial charge in [0.05, 0.1) is 6.23 Å². The molecule has 0 saturated carbocycles. The molecule has 0 aliphatic heterocycles. The molecule has 0 unspecified atom stereocenters. The van der Waals surface area contributed by atoms with E-state index >= 15 is 0 Å². The van der Waals surface area contributed by atoms with Gasteiger partial charge in [0.1, 0.15) is 0 Å². The molecule has 0 spiro atoms. The van der Waals surface area contributed by atoms with Crippen molar-refractivity contribution in [2.75, 3.05) is 6.23 Å². The van der Waals surface area contributed by atoms with E-state index in [-0.39, 0.29) is 6.23 Å². The van der Waals surface area contributed by atoms with E-state index in [2.05, 4.69) is 4.12 Å². The van der Waals surface area contributed by atoms with Crippen LogP contribution in [0.25, 0.3) is 0 Å². The van der Waals surface area contributed by atoms with Crippen LogP contribution < -0.4 is 0 Å². The molecular weight excluding hydrogens is 116 g/mol. The van der Waals surface area contributed by atoms with Crippen LogP contribution in [0.2, 0.25) is 0 Å². The first-order valence-corrected chi connectivity index (χ1v) is 4.50. The Morgan fingerprint density at radius 2 is 2.33 bits per heavy atom. The molecular formula is CH8O3Si2. The van der Waals surface area contributed by atoms with E-state index in [1.807, 2.05) is 0 Å². The summed E-state index contributed by atoms with van der Waals surface area (Å²) in [7, 11) is -1.91. The van der Waals surface area contributed by atoms with Gasteiger partial charge < -0.3 is 14.0 Å². The highest BCUT2D eigenvalue weighted by molar-refractivity contribution is 6.38. The maximum atomic E-state index is 8.05. The molecule has 6 heavy (non-hydrogen) atoms. The van der Waals surface area contributed by atoms with Crippen molar-refractivity contribution in [2.24, 2.45) is 0 Å². The summed E-state index contributed by atoms with van der Waals surface area (Å²) >= 11 is 0. The van der Waals surface area contributed by atoms with Crippen molar-refractivity contribution in [3.63, 3.8) is 0 Å². The highest BCUT2D eigenvalue weighted by Crippen LogP contribution is 1.56. The molecule has 0 bridgehead atoms. The number of aliphatic hydroxyl groups excluding tert-OH is 1. The predicted octanol–water partition coefficient (Wildman–Crippen LogP) is -2.97. The van der Waals surface area contributed by atoms with Crippen molar-refractivity contribution in [1.82, 2.24) is 0 Å². The summed E-state index contributed by atoms with van der Waals surface area (Å²) in [6, 6.07) is 0. The summed E-state index contributed by atoms with van der Waals surface area (Å²) in [5, 5.41) is 8.05. The molecule has 0 amide bonds. The fourth-order valence-corrected chi connectivity index (χ4v) is 1.16. The van der Waals surface area contributed by atoms with Gasteiger partial charge in [-0.05, 0) is 0 Å². The minimum absolute atomic E-state index is 0.146. The van der Waals surface area contributed by atoms with E-state index in [0.29, 0.717) is 0 Å². The lowest BCUT2D eigenvalue weighted by Gasteiger charge is -1.89. The maximum Gasteiger partial charge on any atom is 0.291 e. The van der Waals surface area contributed by atoms with E-state index in [1.54, 1.807) is 0 Å². The Kier molecular flexibility index (Phi) is 5.59. The Hall–Kier alpha value is 0.314. The number of aliphatic hydroxyl groups is 1. The molecule has 0 atom stereocenters. The van der Waals surface area contributed by atoms with Crippen LogP contribution in [-0.4, -0.2) is 35.9 Å². The van der Waals surface area contributed by atoms with Crippen molar-refractivity contribution in [3.05, 3.63) is 0 Å². The molecule has 38 valence electrons. The van der Waals surface area contributed by atoms with Crippen molar-refractivity contribution in [1.29, 1.82) is 0 Å². The quantitative estimate of drug-likeness (QED) is 0.312. The third-order valence-corrected chi connectivity index (χ3v) is 2.39. The Morgan fingerprint density at radius 1 is 1.67 bits per heavy atom. The van der Waals surface area contributed by atoms with Crippen molar-refractivity contribution in [3.8, 4) is 0 Å². The summed E-state index contributed by atoms with van der Waals surface area (Å²) in [4.78, 5) is 8.04. The smallest absolute Gasteiger partial charge is 0.291 e. The summed E-state index contributed by atoms with van der Waals surface area (Å²) in [6.07, 6.45) is 0.146. The van der Waals surface area contributed by atoms with Gasteiger partial charge in [0, 0.05) is 0 Å². The zero-order valence-electron chi connectivity index (χ0n) is 3.42. The standard InChI is InChI=1S/CH8O3Si2/c2-1-5-4-6-3/h2-3H,1,5-6H2. The second-order valence-corrected chi connectivity index (χ2v) is 3.51. The fraction of sp³-hybridized carbons (Fsp3) is 1.00. The largest absolute Gasteiger partial charge is 0.444 e. The first-order valence-electron chi connectivity index (χ1n) is 1.71. The van der Waals surface area contributed by atoms with Crippen LogP contribution in [0.4, 0.5) is 0 Å². The van der Waals surface area contributed by atoms with Gasteiger partial charge in [0.2, 0.25) is 0 Å². The van der Waals surface area contributed by atoms with Gasteiger partial charge in [-0.25, -0.2) is 0 Å². The number of hydrogen-bond donors (Lipinski definition) is 2. The van der Waals surface area contributed by atoms with E-state index in [4.69, 9.17) is 9.90 Å². The van der Waals surface area contributed by atoms with Crippen LogP contribution in [0.3, 0.4) is 0 Å². The zero-order chi connectivity index (χ0) is 4.83. The van der Waals surface area contributed by atoms with Gasteiger partial charge in [-0.1, -0.05) is 0 Å². The highest BCUT2D eigenvalue weighted by Gasteiger charge is 1.78. The summed E-state index contributed by atoms with van der Waals surface area (Å²) in [5.74, 6) is 0. The minimum Gasteiger partial charge on any atom is -0.444 e. The molecule has 5 heteroatoms. The Bertz CT molecular complexity index is 20.8. The van der Waals surface area contributed by atoms with Crippen LogP contribution in [0, 0.1) is 0 Å². The van der Waals surface area contributed by atoms with Crippen molar-refractivity contribution in [2.45, 2.75) is 0 Å². The fourth-order valence-electron chi connectivity index (χ4n) is 0.129. The van der Waals surface area contributed by atoms with Gasteiger partial charge in [-0.3, -0.25) is 0 Å². The molecule has 0 radical (unpaired) electrons. The normalized spacial score (nSPS) is 13.0. The molecule has 0 aromatic rings. The predicted molar refractivity (Wildman–Crippen MR) is 27.5 cm³/mol. The van der Waals surface area contributed by atoms with Crippen molar-refractivity contribution >= 4 is 19.8 Å². The zero-order valence-corrected chi connectivity index (χ0v) is 6.25. The third-order valence-electron chi connectivity index (χ3n) is 0.327. The lowest BCUT2D eigenvalue weighted by atomic mass is 11.7. The van der Waals surface area contributed by atoms with E-state index in [9.17, 15) is 0 Å². The lowest BCUT2D eigenvalue weighted by molar-refractivity contribution is 0.345. The molecule has 2 N–H and O–H groups in total. The first kappa shape index (κ1) is 6.31. The van der Waals surface area contributed by atoms with Gasteiger partial charge in [0.25, 0.3) is 10.0 Å². The van der Waals surface area contributed by atoms with Crippen LogP contribution >= 0.6 is 0 Å². The Labute approximate surface area is 41.0 Å². The van der Waals surface area contributed by atoms with Gasteiger partial charge in [-0.2, -0.15) is 0 Å². The summed E-state index contributed by atoms with van der Waals surface area (Å²) in [5.41, 5.74) is 0. The molecule has 0 aromatic carbocycles. The number of rotatable bonds is 3. The first-order chi connectivity index (χ1) is 2.91. The lowest BCUT2D eigenvalue weighted by Crippen LogP contribution is -2.06. The van der Waals surface area contributed by atoms with Crippen LogP contribution in [0.15, 0.2) is 0 Å². The molecule has 3 nitrogen and oxygen atoms in total. The third kappa shape index (κ3) is 4.31. The second-order valence-electron chi connectivity index (χ2n) is 0.761. The number of hydrogen-bond acceptors (Lipinski definition) is 3. The maximum absolute atomic E-state index is 8.05. The second kappa shape index (κ2) is 5.31. The molecule has 0 heterocycles. The molecule has 0 fully saturated rings. The molecule has 0 aliphatic rings.